The Labute approximate surface area is 171 Å². The van der Waals surface area contributed by atoms with E-state index in [-0.39, 0.29) is 11.1 Å². The summed E-state index contributed by atoms with van der Waals surface area (Å²) in [6, 6.07) is 11.5. The van der Waals surface area contributed by atoms with Crippen molar-refractivity contribution in [3.8, 4) is 0 Å². The first-order valence-electron chi connectivity index (χ1n) is 9.56. The number of ether oxygens (including phenoxy) is 1. The molecule has 1 atom stereocenters. The number of pyridine rings is 1. The number of benzene rings is 1. The molecule has 1 aromatic carbocycles. The largest absolute Gasteiger partial charge is 0.462 e. The van der Waals surface area contributed by atoms with Crippen LogP contribution >= 0.6 is 11.8 Å². The zero-order valence-corrected chi connectivity index (χ0v) is 17.3. The number of carbonyl (C=O) groups excluding carboxylic acids is 2. The number of allylic oxidation sites excluding steroid dienone is 1. The SMILES string of the molecule is CCOC(=O)c1ccc(C=CC(CCSC(C)=O)CCc2ccncc2)cc1. The molecule has 2 aromatic rings. The summed E-state index contributed by atoms with van der Waals surface area (Å²) >= 11 is 1.38. The monoisotopic (exact) mass is 397 g/mol. The Morgan fingerprint density at radius 2 is 1.82 bits per heavy atom. The predicted octanol–water partition coefficient (Wildman–Crippen LogP) is 5.19. The van der Waals surface area contributed by atoms with Crippen LogP contribution in [0.25, 0.3) is 6.08 Å². The molecular formula is C23H27NO3S. The van der Waals surface area contributed by atoms with E-state index in [0.717, 1.165) is 30.6 Å². The van der Waals surface area contributed by atoms with E-state index >= 15 is 0 Å². The summed E-state index contributed by atoms with van der Waals surface area (Å²) in [6.45, 7) is 3.78. The number of aromatic nitrogens is 1. The first kappa shape index (κ1) is 21.9. The first-order chi connectivity index (χ1) is 13.6. The third kappa shape index (κ3) is 8.09. The van der Waals surface area contributed by atoms with Crippen LogP contribution in [0.1, 0.15) is 48.2 Å². The lowest BCUT2D eigenvalue weighted by Crippen LogP contribution is -2.04. The highest BCUT2D eigenvalue weighted by molar-refractivity contribution is 8.13. The van der Waals surface area contributed by atoms with Gasteiger partial charge in [0.1, 0.15) is 0 Å². The van der Waals surface area contributed by atoms with Crippen LogP contribution in [-0.4, -0.2) is 28.4 Å². The van der Waals surface area contributed by atoms with Crippen LogP contribution in [0.4, 0.5) is 0 Å². The molecule has 2 rings (SSSR count). The van der Waals surface area contributed by atoms with E-state index in [4.69, 9.17) is 4.74 Å². The number of thioether (sulfide) groups is 1. The zero-order chi connectivity index (χ0) is 20.2. The smallest absolute Gasteiger partial charge is 0.338 e. The molecule has 1 unspecified atom stereocenters. The van der Waals surface area contributed by atoms with E-state index in [0.29, 0.717) is 18.1 Å². The molecule has 0 fully saturated rings. The minimum atomic E-state index is -0.297. The molecule has 0 radical (unpaired) electrons. The Bertz CT molecular complexity index is 772. The fourth-order valence-electron chi connectivity index (χ4n) is 2.78. The maximum absolute atomic E-state index is 11.7. The molecule has 5 heteroatoms. The predicted molar refractivity (Wildman–Crippen MR) is 115 cm³/mol. The van der Waals surface area contributed by atoms with Crippen molar-refractivity contribution in [2.45, 2.75) is 33.1 Å². The van der Waals surface area contributed by atoms with Gasteiger partial charge >= 0.3 is 5.97 Å². The number of aryl methyl sites for hydroxylation is 1. The topological polar surface area (TPSA) is 56.3 Å². The zero-order valence-electron chi connectivity index (χ0n) is 16.5. The van der Waals surface area contributed by atoms with Crippen molar-refractivity contribution in [1.82, 2.24) is 4.98 Å². The molecule has 0 aliphatic rings. The number of hydrogen-bond acceptors (Lipinski definition) is 5. The fraction of sp³-hybridized carbons (Fsp3) is 0.348. The summed E-state index contributed by atoms with van der Waals surface area (Å²) in [6.07, 6.45) is 10.9. The summed E-state index contributed by atoms with van der Waals surface area (Å²) in [5.74, 6) is 0.905. The minimum Gasteiger partial charge on any atom is -0.462 e. The van der Waals surface area contributed by atoms with E-state index in [1.54, 1.807) is 26.0 Å². The molecule has 4 nitrogen and oxygen atoms in total. The van der Waals surface area contributed by atoms with Crippen LogP contribution in [0.5, 0.6) is 0 Å². The molecule has 0 amide bonds. The standard InChI is InChI=1S/C23H27NO3S/c1-3-27-23(26)22-10-8-19(9-11-22)4-5-20(14-17-28-18(2)25)6-7-21-12-15-24-16-13-21/h4-5,8-13,15-16,20H,3,6-7,14,17H2,1-2H3. The van der Waals surface area contributed by atoms with Gasteiger partial charge in [-0.3, -0.25) is 9.78 Å². The molecule has 28 heavy (non-hydrogen) atoms. The highest BCUT2D eigenvalue weighted by Gasteiger charge is 2.08. The molecule has 148 valence electrons. The van der Waals surface area contributed by atoms with Crippen LogP contribution in [0.15, 0.2) is 54.9 Å². The van der Waals surface area contributed by atoms with Crippen molar-refractivity contribution < 1.29 is 14.3 Å². The van der Waals surface area contributed by atoms with Gasteiger partial charge in [-0.15, -0.1) is 0 Å². The van der Waals surface area contributed by atoms with Crippen LogP contribution in [-0.2, 0) is 16.0 Å². The van der Waals surface area contributed by atoms with Crippen LogP contribution in [0.3, 0.4) is 0 Å². The van der Waals surface area contributed by atoms with Crippen LogP contribution in [0.2, 0.25) is 0 Å². The van der Waals surface area contributed by atoms with Crippen molar-refractivity contribution in [3.63, 3.8) is 0 Å². The molecule has 1 heterocycles. The first-order valence-corrected chi connectivity index (χ1v) is 10.5. The maximum atomic E-state index is 11.7. The second-order valence-electron chi connectivity index (χ2n) is 6.48. The van der Waals surface area contributed by atoms with Gasteiger partial charge in [0.2, 0.25) is 0 Å². The van der Waals surface area contributed by atoms with E-state index in [1.165, 1.54) is 17.3 Å². The van der Waals surface area contributed by atoms with Crippen molar-refractivity contribution in [1.29, 1.82) is 0 Å². The molecular weight excluding hydrogens is 370 g/mol. The molecule has 0 saturated heterocycles. The van der Waals surface area contributed by atoms with Gasteiger partial charge in [-0.25, -0.2) is 4.79 Å². The highest BCUT2D eigenvalue weighted by atomic mass is 32.2. The third-order valence-corrected chi connectivity index (χ3v) is 5.18. The summed E-state index contributed by atoms with van der Waals surface area (Å²) in [5, 5.41) is 0.159. The summed E-state index contributed by atoms with van der Waals surface area (Å²) in [4.78, 5) is 27.0. The number of nitrogens with zero attached hydrogens (tertiary/aromatic N) is 1. The lowest BCUT2D eigenvalue weighted by atomic mass is 9.96. The van der Waals surface area contributed by atoms with Gasteiger partial charge in [0.25, 0.3) is 0 Å². The molecule has 0 aliphatic heterocycles. The number of rotatable bonds is 10. The van der Waals surface area contributed by atoms with Crippen LogP contribution < -0.4 is 0 Å². The number of hydrogen-bond donors (Lipinski definition) is 0. The summed E-state index contributed by atoms with van der Waals surface area (Å²) in [7, 11) is 0. The number of esters is 1. The Morgan fingerprint density at radius 3 is 2.46 bits per heavy atom. The third-order valence-electron chi connectivity index (χ3n) is 4.33. The average molecular weight is 398 g/mol. The average Bonchev–Trinajstić information content (AvgIpc) is 2.70. The van der Waals surface area contributed by atoms with Gasteiger partial charge in [-0.05, 0) is 67.5 Å². The molecule has 0 N–H and O–H groups in total. The highest BCUT2D eigenvalue weighted by Crippen LogP contribution is 2.20. The van der Waals surface area contributed by atoms with Crippen molar-refractivity contribution in [2.24, 2.45) is 5.92 Å². The second kappa shape index (κ2) is 12.1. The van der Waals surface area contributed by atoms with Gasteiger partial charge in [-0.2, -0.15) is 0 Å². The lowest BCUT2D eigenvalue weighted by molar-refractivity contribution is -0.109. The van der Waals surface area contributed by atoms with E-state index in [2.05, 4.69) is 17.1 Å². The molecule has 0 saturated carbocycles. The molecule has 0 spiro atoms. The quantitative estimate of drug-likeness (QED) is 0.516. The van der Waals surface area contributed by atoms with Gasteiger partial charge in [0, 0.05) is 25.1 Å². The normalized spacial score (nSPS) is 12.1. The fourth-order valence-corrected chi connectivity index (χ4v) is 3.49. The van der Waals surface area contributed by atoms with E-state index in [1.807, 2.05) is 36.7 Å². The van der Waals surface area contributed by atoms with E-state index in [9.17, 15) is 9.59 Å². The number of carbonyl (C=O) groups is 2. The van der Waals surface area contributed by atoms with Crippen LogP contribution in [0, 0.1) is 5.92 Å². The van der Waals surface area contributed by atoms with Gasteiger partial charge in [0.05, 0.1) is 12.2 Å². The summed E-state index contributed by atoms with van der Waals surface area (Å²) in [5.41, 5.74) is 2.87. The Hall–Kier alpha value is -2.40. The van der Waals surface area contributed by atoms with Crippen molar-refractivity contribution in [2.75, 3.05) is 12.4 Å². The molecule has 0 bridgehead atoms. The van der Waals surface area contributed by atoms with Gasteiger partial charge in [-0.1, -0.05) is 36.0 Å². The Morgan fingerprint density at radius 1 is 1.11 bits per heavy atom. The van der Waals surface area contributed by atoms with Gasteiger partial charge in [0.15, 0.2) is 5.12 Å². The second-order valence-corrected chi connectivity index (χ2v) is 7.76. The molecule has 0 aliphatic carbocycles. The Kier molecular flexibility index (Phi) is 9.49. The van der Waals surface area contributed by atoms with Crippen molar-refractivity contribution >= 4 is 28.9 Å². The van der Waals surface area contributed by atoms with E-state index < -0.39 is 0 Å². The maximum Gasteiger partial charge on any atom is 0.338 e. The van der Waals surface area contributed by atoms with Gasteiger partial charge < -0.3 is 4.74 Å². The molecule has 1 aromatic heterocycles. The summed E-state index contributed by atoms with van der Waals surface area (Å²) < 4.78 is 5.01. The lowest BCUT2D eigenvalue weighted by Gasteiger charge is -2.12. The van der Waals surface area contributed by atoms with Crippen molar-refractivity contribution in [3.05, 3.63) is 71.6 Å². The Balaban J connectivity index is 1.98. The minimum absolute atomic E-state index is 0.159.